The van der Waals surface area contributed by atoms with Crippen molar-refractivity contribution in [2.75, 3.05) is 19.8 Å². The smallest absolute Gasteiger partial charge is 0.394 e. The third-order valence-corrected chi connectivity index (χ3v) is 24.1. The molecule has 544 valence electrons. The van der Waals surface area contributed by atoms with Crippen molar-refractivity contribution in [2.45, 2.75) is 331 Å². The predicted molar refractivity (Wildman–Crippen MR) is 329 cm³/mol. The SMILES string of the molecule is C=CCC(=C)/C=C/[C@@](C)(O)[C@H]1O[C@@H]2C[C@@H]3O[C@@H]4C[C@@H]5O[C@@H]6C[C@@H]7O[C@@H]8C[C@@H]9O[C@@H]%10C[C@@H]%11O[C@](C)(CCOS(=O)(=O)O)[C@@H](OS(=O)(=O)O)C[C@H]%11O[C@H]%10C[C@H]9O[C@H]8CC[C@@]7(C)O[C@@]6(C)CC[C@H](C)[C@H]5O[C@H]4[C@@H](OC4O[C@@H](CO[C@H]5O[C@@H](CO)[C@H](O)[C@H]5O)[C@H](O)[C@H]4O)[C@@]3(C)O[C@H]2CC1=C. The second-order valence-electron chi connectivity index (χ2n) is 30.2. The fraction of sp³-hybridized carbons (Fsp3) is 0.877. The molecule has 13 aliphatic rings. The van der Waals surface area contributed by atoms with Crippen LogP contribution in [0.15, 0.2) is 49.1 Å². The lowest BCUT2D eigenvalue weighted by atomic mass is 9.72. The minimum absolute atomic E-state index is 0.0316. The first-order valence-corrected chi connectivity index (χ1v) is 36.7. The molecule has 13 aliphatic heterocycles. The van der Waals surface area contributed by atoms with Gasteiger partial charge in [0, 0.05) is 51.4 Å². The molecule has 0 aromatic rings. The van der Waals surface area contributed by atoms with Gasteiger partial charge in [-0.1, -0.05) is 43.9 Å². The van der Waals surface area contributed by atoms with Crippen molar-refractivity contribution in [1.29, 1.82) is 0 Å². The van der Waals surface area contributed by atoms with Gasteiger partial charge in [0.1, 0.15) is 72.2 Å². The van der Waals surface area contributed by atoms with Crippen molar-refractivity contribution in [3.8, 4) is 0 Å². The first-order valence-electron chi connectivity index (χ1n) is 34.0. The topological polar surface area (TPSA) is 387 Å². The summed E-state index contributed by atoms with van der Waals surface area (Å²) in [5.41, 5.74) is -4.46. The standard InChI is InChI=1S/C65H98O29S2/c1-10-11-30(2)12-15-61(5,71)57-32(4)20-41-40(86-57)26-50-65(9,92-41)58(90-60-54(70)52(68)46(88-60)29-78-59-53(69)51(67)45(28-66)87-59)56-44(85-50)24-43-55(89-56)31(3)13-16-63(7)48(84-43)27-47-64(8,94-63)17-14-33-34(83-47)21-36-35(80-33)22-37-38(81-36)23-42-39(82-37)25-49(93-96(75,76)77)62(6,91-42)18-19-79-95(72,73)74/h10,12,15,31,33-60,66-71H,1-2,4,11,13-14,16-29H2,3,5-9H3,(H,72,73,74)(H,75,76,77)/b15-12+/t31-,33-,34+,35+,36-,37-,38+,39+,40+,41-,42-,43-,44+,45-,46-,47-,48+,49-,50-,51-,52-,53+,54+,55+,56+,57-,58+,59-,60?,61+,62+,63-,64+,65-/m0/s1. The number of allylic oxidation sites excluding steroid dienone is 3. The van der Waals surface area contributed by atoms with Crippen molar-refractivity contribution >= 4 is 20.8 Å². The molecule has 13 fully saturated rings. The average Bonchev–Trinajstić information content (AvgIpc) is 1.21. The summed E-state index contributed by atoms with van der Waals surface area (Å²) in [6.07, 6.45) is -12.9. The van der Waals surface area contributed by atoms with Crippen LogP contribution < -0.4 is 0 Å². The lowest BCUT2D eigenvalue weighted by molar-refractivity contribution is -0.387. The lowest BCUT2D eigenvalue weighted by Crippen LogP contribution is -2.75. The highest BCUT2D eigenvalue weighted by Gasteiger charge is 2.67. The number of fused-ring (bicyclic) bond motifs is 10. The Balaban J connectivity index is 0.713. The summed E-state index contributed by atoms with van der Waals surface area (Å²) < 4.78 is 177. The van der Waals surface area contributed by atoms with E-state index in [1.54, 1.807) is 25.2 Å². The second-order valence-corrected chi connectivity index (χ2v) is 32.3. The zero-order valence-electron chi connectivity index (χ0n) is 55.1. The number of aliphatic hydroxyl groups is 6. The molecule has 0 amide bonds. The van der Waals surface area contributed by atoms with Crippen molar-refractivity contribution in [1.82, 2.24) is 0 Å². The third-order valence-electron chi connectivity index (χ3n) is 23.1. The van der Waals surface area contributed by atoms with E-state index in [1.807, 2.05) is 6.92 Å². The van der Waals surface area contributed by atoms with Crippen LogP contribution in [0.5, 0.6) is 0 Å². The van der Waals surface area contributed by atoms with Crippen LogP contribution in [0.3, 0.4) is 0 Å². The van der Waals surface area contributed by atoms with E-state index in [-0.39, 0.29) is 37.4 Å². The fourth-order valence-electron chi connectivity index (χ4n) is 17.8. The van der Waals surface area contributed by atoms with E-state index < -0.39 is 228 Å². The molecule has 13 rings (SSSR count). The molecule has 29 nitrogen and oxygen atoms in total. The summed E-state index contributed by atoms with van der Waals surface area (Å²) in [7, 11) is -9.82. The molecule has 0 aliphatic carbocycles. The molecule has 0 bridgehead atoms. The first-order chi connectivity index (χ1) is 45.2. The lowest BCUT2D eigenvalue weighted by Gasteiger charge is -2.61. The number of hydrogen-bond donors (Lipinski definition) is 8. The monoisotopic (exact) mass is 1410 g/mol. The summed E-state index contributed by atoms with van der Waals surface area (Å²) in [6, 6.07) is 0. The van der Waals surface area contributed by atoms with Crippen LogP contribution in [-0.4, -0.2) is 276 Å². The molecule has 1 unspecified atom stereocenters. The highest BCUT2D eigenvalue weighted by atomic mass is 32.3. The Morgan fingerprint density at radius 2 is 1.22 bits per heavy atom. The summed E-state index contributed by atoms with van der Waals surface area (Å²) in [5, 5.41) is 65.8. The third kappa shape index (κ3) is 14.2. The van der Waals surface area contributed by atoms with E-state index >= 15 is 0 Å². The summed E-state index contributed by atoms with van der Waals surface area (Å²) >= 11 is 0. The van der Waals surface area contributed by atoms with Crippen LogP contribution in [0.2, 0.25) is 0 Å². The molecule has 0 saturated carbocycles. The minimum atomic E-state index is -4.99. The number of rotatable bonds is 17. The Morgan fingerprint density at radius 1 is 0.646 bits per heavy atom. The number of hydrogen-bond acceptors (Lipinski definition) is 27. The van der Waals surface area contributed by atoms with Gasteiger partial charge in [-0.05, 0) is 84.6 Å². The largest absolute Gasteiger partial charge is 0.397 e. The predicted octanol–water partition coefficient (Wildman–Crippen LogP) is 1.99. The maximum Gasteiger partial charge on any atom is 0.397 e. The molecule has 31 heteroatoms. The highest BCUT2D eigenvalue weighted by molar-refractivity contribution is 7.81. The molecule has 0 aromatic heterocycles. The maximum atomic E-state index is 12.0. The quantitative estimate of drug-likeness (QED) is 0.0586. The van der Waals surface area contributed by atoms with Gasteiger partial charge >= 0.3 is 20.8 Å². The summed E-state index contributed by atoms with van der Waals surface area (Å²) in [5.74, 6) is -0.0981. The van der Waals surface area contributed by atoms with Crippen LogP contribution in [0, 0.1) is 5.92 Å². The fourth-order valence-corrected chi connectivity index (χ4v) is 18.7. The zero-order chi connectivity index (χ0) is 68.6. The molecular formula is C65H98O29S2. The van der Waals surface area contributed by atoms with Gasteiger partial charge in [0.2, 0.25) is 0 Å². The van der Waals surface area contributed by atoms with Gasteiger partial charge in [-0.25, -0.2) is 8.37 Å². The molecule has 13 heterocycles. The van der Waals surface area contributed by atoms with Gasteiger partial charge in [-0.3, -0.25) is 9.11 Å². The Hall–Kier alpha value is -2.14. The van der Waals surface area contributed by atoms with Crippen molar-refractivity contribution in [3.05, 3.63) is 49.1 Å². The van der Waals surface area contributed by atoms with Crippen molar-refractivity contribution in [2.24, 2.45) is 5.92 Å². The molecule has 34 atom stereocenters. The summed E-state index contributed by atoms with van der Waals surface area (Å²) in [4.78, 5) is 0. The van der Waals surface area contributed by atoms with E-state index in [1.165, 1.54) is 6.92 Å². The number of ether oxygens (including phenoxy) is 15. The molecular weight excluding hydrogens is 1310 g/mol. The Kier molecular flexibility index (Phi) is 20.4. The van der Waals surface area contributed by atoms with Crippen LogP contribution in [-0.2, 0) is 100 Å². The molecule has 96 heavy (non-hydrogen) atoms. The van der Waals surface area contributed by atoms with Crippen LogP contribution in [0.1, 0.15) is 131 Å². The number of aliphatic hydroxyl groups excluding tert-OH is 5. The van der Waals surface area contributed by atoms with Gasteiger partial charge in [0.05, 0.1) is 134 Å². The Morgan fingerprint density at radius 3 is 1.88 bits per heavy atom. The molecule has 0 radical (unpaired) electrons. The van der Waals surface area contributed by atoms with Crippen LogP contribution >= 0.6 is 0 Å². The van der Waals surface area contributed by atoms with E-state index in [4.69, 9.17) is 75.2 Å². The average molecular weight is 1410 g/mol. The zero-order valence-corrected chi connectivity index (χ0v) is 56.7. The van der Waals surface area contributed by atoms with E-state index in [0.29, 0.717) is 76.2 Å². The van der Waals surface area contributed by atoms with Crippen molar-refractivity contribution in [3.63, 3.8) is 0 Å². The van der Waals surface area contributed by atoms with E-state index in [0.717, 1.165) is 5.57 Å². The summed E-state index contributed by atoms with van der Waals surface area (Å²) in [6.45, 7) is 22.1. The van der Waals surface area contributed by atoms with Gasteiger partial charge < -0.3 is 102 Å². The molecule has 13 saturated heterocycles. The maximum absolute atomic E-state index is 12.0. The van der Waals surface area contributed by atoms with Gasteiger partial charge in [-0.2, -0.15) is 16.8 Å². The van der Waals surface area contributed by atoms with Gasteiger partial charge in [-0.15, -0.1) is 6.58 Å². The van der Waals surface area contributed by atoms with E-state index in [9.17, 15) is 56.6 Å². The van der Waals surface area contributed by atoms with Gasteiger partial charge in [0.25, 0.3) is 0 Å². The van der Waals surface area contributed by atoms with Gasteiger partial charge in [0.15, 0.2) is 12.6 Å². The van der Waals surface area contributed by atoms with Crippen LogP contribution in [0.25, 0.3) is 0 Å². The molecule has 0 spiro atoms. The normalized spacial score (nSPS) is 51.6. The Labute approximate surface area is 560 Å². The Bertz CT molecular complexity index is 3100. The molecule has 8 N–H and O–H groups in total. The first kappa shape index (κ1) is 72.2. The van der Waals surface area contributed by atoms with E-state index in [2.05, 4.69) is 44.7 Å². The van der Waals surface area contributed by atoms with Crippen LogP contribution in [0.4, 0.5) is 0 Å². The second kappa shape index (κ2) is 27.2. The molecule has 0 aromatic carbocycles. The highest BCUT2D eigenvalue weighted by Crippen LogP contribution is 2.55. The minimum Gasteiger partial charge on any atom is -0.394 e. The van der Waals surface area contributed by atoms with Crippen molar-refractivity contribution < 1.29 is 136 Å².